The van der Waals surface area contributed by atoms with Crippen LogP contribution in [-0.4, -0.2) is 24.5 Å². The van der Waals surface area contributed by atoms with E-state index in [2.05, 4.69) is 5.32 Å². The maximum absolute atomic E-state index is 12.1. The van der Waals surface area contributed by atoms with Gasteiger partial charge in [0, 0.05) is 17.5 Å². The van der Waals surface area contributed by atoms with Crippen LogP contribution in [-0.2, 0) is 4.79 Å². The second-order valence-corrected chi connectivity index (χ2v) is 5.43. The van der Waals surface area contributed by atoms with Crippen molar-refractivity contribution in [3.63, 3.8) is 0 Å². The van der Waals surface area contributed by atoms with Crippen molar-refractivity contribution >= 4 is 28.3 Å². The number of anilines is 1. The Morgan fingerprint density at radius 2 is 1.89 bits per heavy atom. The van der Waals surface area contributed by atoms with E-state index in [1.54, 1.807) is 18.2 Å². The summed E-state index contributed by atoms with van der Waals surface area (Å²) >= 11 is 0. The number of nitrogens with zero attached hydrogens (tertiary/aromatic N) is 1. The Balaban J connectivity index is 1.70. The fourth-order valence-corrected chi connectivity index (χ4v) is 2.36. The summed E-state index contributed by atoms with van der Waals surface area (Å²) in [6.07, 6.45) is 0. The van der Waals surface area contributed by atoms with Gasteiger partial charge >= 0.3 is 5.63 Å². The highest BCUT2D eigenvalue weighted by atomic mass is 16.6. The molecular weight excluding hydrogens is 356 g/mol. The number of ether oxygens (including phenoxy) is 2. The summed E-state index contributed by atoms with van der Waals surface area (Å²) in [5, 5.41) is 14.3. The van der Waals surface area contributed by atoms with Gasteiger partial charge in [0.1, 0.15) is 22.8 Å². The van der Waals surface area contributed by atoms with E-state index in [4.69, 9.17) is 13.9 Å². The zero-order valence-corrected chi connectivity index (χ0v) is 14.1. The second-order valence-electron chi connectivity index (χ2n) is 5.43. The molecule has 1 heterocycles. The molecule has 3 aromatic rings. The monoisotopic (exact) mass is 370 g/mol. The van der Waals surface area contributed by atoms with Gasteiger partial charge in [-0.15, -0.1) is 0 Å². The van der Waals surface area contributed by atoms with Crippen LogP contribution in [0.25, 0.3) is 11.0 Å². The van der Waals surface area contributed by atoms with Gasteiger partial charge in [-0.3, -0.25) is 14.9 Å². The lowest BCUT2D eigenvalue weighted by molar-refractivity contribution is -0.384. The number of hydrogen-bond donors (Lipinski definition) is 1. The van der Waals surface area contributed by atoms with Crippen molar-refractivity contribution in [2.75, 3.05) is 19.0 Å². The van der Waals surface area contributed by atoms with Crippen molar-refractivity contribution in [1.82, 2.24) is 0 Å². The molecule has 0 aliphatic rings. The summed E-state index contributed by atoms with van der Waals surface area (Å²) in [7, 11) is 1.39. The van der Waals surface area contributed by atoms with E-state index in [1.165, 1.54) is 37.4 Å². The molecule has 1 aromatic heterocycles. The third-order valence-electron chi connectivity index (χ3n) is 3.64. The fourth-order valence-electron chi connectivity index (χ4n) is 2.36. The van der Waals surface area contributed by atoms with Gasteiger partial charge < -0.3 is 19.2 Å². The number of benzene rings is 2. The van der Waals surface area contributed by atoms with Crippen molar-refractivity contribution < 1.29 is 23.6 Å². The first-order valence-electron chi connectivity index (χ1n) is 7.75. The van der Waals surface area contributed by atoms with Crippen LogP contribution in [0.3, 0.4) is 0 Å². The maximum atomic E-state index is 12.1. The number of hydrogen-bond acceptors (Lipinski definition) is 7. The third-order valence-corrected chi connectivity index (χ3v) is 3.64. The predicted octanol–water partition coefficient (Wildman–Crippen LogP) is 2.73. The van der Waals surface area contributed by atoms with Crippen LogP contribution in [0.15, 0.2) is 57.7 Å². The van der Waals surface area contributed by atoms with Crippen LogP contribution in [0.2, 0.25) is 0 Å². The molecule has 0 fully saturated rings. The number of amides is 1. The number of carbonyl (C=O) groups excluding carboxylic acids is 1. The Hall–Kier alpha value is -3.88. The van der Waals surface area contributed by atoms with Gasteiger partial charge in [-0.1, -0.05) is 0 Å². The number of nitro benzene ring substituents is 1. The van der Waals surface area contributed by atoms with Crippen LogP contribution in [0.1, 0.15) is 0 Å². The first-order valence-corrected chi connectivity index (χ1v) is 7.75. The summed E-state index contributed by atoms with van der Waals surface area (Å²) < 4.78 is 15.4. The molecule has 27 heavy (non-hydrogen) atoms. The molecule has 0 aliphatic carbocycles. The maximum Gasteiger partial charge on any atom is 0.336 e. The summed E-state index contributed by atoms with van der Waals surface area (Å²) in [6, 6.07) is 11.8. The van der Waals surface area contributed by atoms with Gasteiger partial charge in [0.2, 0.25) is 0 Å². The van der Waals surface area contributed by atoms with Gasteiger partial charge in [-0.25, -0.2) is 4.79 Å². The molecular formula is C18H14N2O7. The highest BCUT2D eigenvalue weighted by Crippen LogP contribution is 2.29. The van der Waals surface area contributed by atoms with E-state index >= 15 is 0 Å². The normalized spacial score (nSPS) is 10.4. The van der Waals surface area contributed by atoms with E-state index < -0.39 is 16.5 Å². The average Bonchev–Trinajstić information content (AvgIpc) is 2.66. The smallest absolute Gasteiger partial charge is 0.336 e. The molecule has 0 bridgehead atoms. The Labute approximate surface area is 152 Å². The van der Waals surface area contributed by atoms with Crippen LogP contribution in [0.4, 0.5) is 11.4 Å². The average molecular weight is 370 g/mol. The summed E-state index contributed by atoms with van der Waals surface area (Å²) in [4.78, 5) is 33.8. The highest BCUT2D eigenvalue weighted by molar-refractivity contribution is 5.94. The van der Waals surface area contributed by atoms with E-state index in [0.29, 0.717) is 22.5 Å². The number of fused-ring (bicyclic) bond motifs is 1. The molecule has 0 saturated carbocycles. The first kappa shape index (κ1) is 17.9. The summed E-state index contributed by atoms with van der Waals surface area (Å²) in [6.45, 7) is -0.383. The predicted molar refractivity (Wildman–Crippen MR) is 96.3 cm³/mol. The van der Waals surface area contributed by atoms with Gasteiger partial charge in [-0.05, 0) is 30.3 Å². The van der Waals surface area contributed by atoms with E-state index in [-0.39, 0.29) is 18.0 Å². The lowest BCUT2D eigenvalue weighted by atomic mass is 10.2. The molecule has 3 rings (SSSR count). The zero-order valence-electron chi connectivity index (χ0n) is 14.1. The lowest BCUT2D eigenvalue weighted by Gasteiger charge is -2.09. The van der Waals surface area contributed by atoms with Crippen molar-refractivity contribution in [2.45, 2.75) is 0 Å². The largest absolute Gasteiger partial charge is 0.496 e. The molecule has 0 saturated heterocycles. The van der Waals surface area contributed by atoms with E-state index in [1.807, 2.05) is 0 Å². The number of carbonyl (C=O) groups is 1. The Bertz CT molecular complexity index is 1070. The van der Waals surface area contributed by atoms with Gasteiger partial charge in [0.25, 0.3) is 11.6 Å². The number of nitro groups is 1. The molecule has 0 atom stereocenters. The molecule has 0 aliphatic heterocycles. The molecule has 0 radical (unpaired) electrons. The second kappa shape index (κ2) is 7.56. The zero-order chi connectivity index (χ0) is 19.4. The highest BCUT2D eigenvalue weighted by Gasteiger charge is 2.17. The molecule has 138 valence electrons. The minimum Gasteiger partial charge on any atom is -0.496 e. The van der Waals surface area contributed by atoms with Crippen LogP contribution >= 0.6 is 0 Å². The third kappa shape index (κ3) is 4.21. The van der Waals surface area contributed by atoms with Gasteiger partial charge in [0.15, 0.2) is 6.61 Å². The van der Waals surface area contributed by atoms with Crippen molar-refractivity contribution in [1.29, 1.82) is 0 Å². The summed E-state index contributed by atoms with van der Waals surface area (Å²) in [5.74, 6) is 0.0303. The fraction of sp³-hybridized carbons (Fsp3) is 0.111. The Morgan fingerprint density at radius 1 is 1.15 bits per heavy atom. The Kier molecular flexibility index (Phi) is 5.02. The topological polar surface area (TPSA) is 121 Å². The minimum atomic E-state index is -0.621. The first-order chi connectivity index (χ1) is 13.0. The van der Waals surface area contributed by atoms with E-state index in [0.717, 1.165) is 0 Å². The van der Waals surface area contributed by atoms with Crippen molar-refractivity contribution in [2.24, 2.45) is 0 Å². The lowest BCUT2D eigenvalue weighted by Crippen LogP contribution is -2.20. The van der Waals surface area contributed by atoms with Crippen molar-refractivity contribution in [3.05, 3.63) is 69.1 Å². The van der Waals surface area contributed by atoms with Gasteiger partial charge in [0.05, 0.1) is 18.1 Å². The van der Waals surface area contributed by atoms with Crippen molar-refractivity contribution in [3.8, 4) is 11.5 Å². The van der Waals surface area contributed by atoms with Crippen LogP contribution < -0.4 is 20.4 Å². The van der Waals surface area contributed by atoms with Crippen LogP contribution in [0, 0.1) is 10.1 Å². The van der Waals surface area contributed by atoms with E-state index in [9.17, 15) is 19.7 Å². The minimum absolute atomic E-state index is 0.0268. The number of nitrogens with one attached hydrogen (secondary N) is 1. The molecule has 9 nitrogen and oxygen atoms in total. The standard InChI is InChI=1S/C18H14N2O7/c1-25-12-5-6-14(15(8-12)20(23)24)19-17(21)10-26-13-4-2-11-3-7-18(22)27-16(11)9-13/h2-9H,10H2,1H3,(H,19,21). The number of methoxy groups -OCH3 is 1. The van der Waals surface area contributed by atoms with Crippen LogP contribution in [0.5, 0.6) is 11.5 Å². The quantitative estimate of drug-likeness (QED) is 0.402. The number of rotatable bonds is 6. The molecule has 0 spiro atoms. The molecule has 2 aromatic carbocycles. The SMILES string of the molecule is COc1ccc(NC(=O)COc2ccc3ccc(=O)oc3c2)c([N+](=O)[O-])c1. The molecule has 1 N–H and O–H groups in total. The summed E-state index contributed by atoms with van der Waals surface area (Å²) in [5.41, 5.74) is -0.440. The molecule has 9 heteroatoms. The Morgan fingerprint density at radius 3 is 2.63 bits per heavy atom. The molecule has 1 amide bonds. The van der Waals surface area contributed by atoms with Gasteiger partial charge in [-0.2, -0.15) is 0 Å². The molecule has 0 unspecified atom stereocenters.